The SMILES string of the molecule is S.[C-]#[N+]C[C@H]1CN(c2nc(OCC3(CN(C)C(C)C)CC3)nc3c2CCN(c2cccc4ccc(F)c(Cl)c24)C3)CCN1C(=O)C(=C)F. The van der Waals surface area contributed by atoms with Gasteiger partial charge in [0.15, 0.2) is 5.83 Å². The Balaban J connectivity index is 0.00000451. The number of anilines is 2. The van der Waals surface area contributed by atoms with E-state index in [1.54, 1.807) is 6.07 Å². The van der Waals surface area contributed by atoms with Crippen molar-refractivity contribution in [3.63, 3.8) is 0 Å². The van der Waals surface area contributed by atoms with Crippen LogP contribution in [0.25, 0.3) is 15.6 Å². The quantitative estimate of drug-likeness (QED) is 0.190. The highest BCUT2D eigenvalue weighted by atomic mass is 35.5. The van der Waals surface area contributed by atoms with Gasteiger partial charge in [-0.3, -0.25) is 4.79 Å². The van der Waals surface area contributed by atoms with Gasteiger partial charge in [-0.05, 0) is 57.7 Å². The summed E-state index contributed by atoms with van der Waals surface area (Å²) < 4.78 is 34.9. The maximum Gasteiger partial charge on any atom is 0.318 e. The minimum atomic E-state index is -1.03. The molecular weight excluding hydrogens is 656 g/mol. The number of ether oxygens (including phenoxy) is 1. The second-order valence-corrected chi connectivity index (χ2v) is 13.7. The Bertz CT molecular complexity index is 1750. The fourth-order valence-electron chi connectivity index (χ4n) is 6.66. The van der Waals surface area contributed by atoms with Crippen molar-refractivity contribution in [3.05, 3.63) is 76.3 Å². The van der Waals surface area contributed by atoms with Crippen molar-refractivity contribution in [1.29, 1.82) is 0 Å². The van der Waals surface area contributed by atoms with Crippen LogP contribution in [0.5, 0.6) is 6.01 Å². The molecule has 3 aliphatic rings. The lowest BCUT2D eigenvalue weighted by Gasteiger charge is -2.41. The largest absolute Gasteiger partial charge is 0.463 e. The van der Waals surface area contributed by atoms with Gasteiger partial charge in [-0.2, -0.15) is 23.5 Å². The molecule has 1 saturated heterocycles. The molecule has 1 saturated carbocycles. The van der Waals surface area contributed by atoms with E-state index in [0.717, 1.165) is 41.7 Å². The first-order chi connectivity index (χ1) is 22.5. The number of benzene rings is 2. The molecule has 9 nitrogen and oxygen atoms in total. The minimum absolute atomic E-state index is 0. The Morgan fingerprint density at radius 2 is 1.98 bits per heavy atom. The Kier molecular flexibility index (Phi) is 10.7. The lowest BCUT2D eigenvalue weighted by atomic mass is 10.0. The van der Waals surface area contributed by atoms with Gasteiger partial charge in [-0.25, -0.2) is 15.4 Å². The van der Waals surface area contributed by atoms with Crippen LogP contribution in [0.15, 0.2) is 42.7 Å². The number of amides is 1. The molecule has 256 valence electrons. The molecular formula is C35H42ClF2N7O2S. The van der Waals surface area contributed by atoms with Crippen LogP contribution in [0.1, 0.15) is 37.9 Å². The first kappa shape index (κ1) is 35.6. The number of aromatic nitrogens is 2. The topological polar surface area (TPSA) is 69.4 Å². The third-order valence-electron chi connectivity index (χ3n) is 9.78. The fourth-order valence-corrected chi connectivity index (χ4v) is 6.93. The van der Waals surface area contributed by atoms with Gasteiger partial charge in [0.1, 0.15) is 17.7 Å². The maximum atomic E-state index is 14.6. The molecule has 1 atom stereocenters. The number of piperazine rings is 1. The zero-order valence-electron chi connectivity index (χ0n) is 27.6. The van der Waals surface area contributed by atoms with Crippen LogP contribution in [-0.2, 0) is 17.8 Å². The van der Waals surface area contributed by atoms with Crippen molar-refractivity contribution in [2.45, 2.75) is 51.7 Å². The van der Waals surface area contributed by atoms with Crippen molar-refractivity contribution < 1.29 is 18.3 Å². The maximum absolute atomic E-state index is 14.6. The first-order valence-corrected chi connectivity index (χ1v) is 16.5. The summed E-state index contributed by atoms with van der Waals surface area (Å²) >= 11 is 6.51. The van der Waals surface area contributed by atoms with Gasteiger partial charge in [0, 0.05) is 60.8 Å². The van der Waals surface area contributed by atoms with Crippen LogP contribution in [0.3, 0.4) is 0 Å². The summed E-state index contributed by atoms with van der Waals surface area (Å²) in [5.74, 6) is -1.58. The van der Waals surface area contributed by atoms with E-state index in [9.17, 15) is 13.6 Å². The number of carbonyl (C=O) groups is 1. The van der Waals surface area contributed by atoms with Gasteiger partial charge >= 0.3 is 6.01 Å². The number of hydrogen-bond acceptors (Lipinski definition) is 7. The van der Waals surface area contributed by atoms with Gasteiger partial charge in [0.05, 0.1) is 23.9 Å². The van der Waals surface area contributed by atoms with Crippen molar-refractivity contribution in [2.24, 2.45) is 5.41 Å². The molecule has 2 aromatic carbocycles. The fraction of sp³-hybridized carbons (Fsp3) is 0.486. The molecule has 2 fully saturated rings. The van der Waals surface area contributed by atoms with Gasteiger partial charge in [-0.1, -0.05) is 36.4 Å². The smallest absolute Gasteiger partial charge is 0.318 e. The summed E-state index contributed by atoms with van der Waals surface area (Å²) in [4.78, 5) is 33.9. The Morgan fingerprint density at radius 1 is 1.21 bits per heavy atom. The Labute approximate surface area is 292 Å². The van der Waals surface area contributed by atoms with Crippen LogP contribution in [0, 0.1) is 17.8 Å². The van der Waals surface area contributed by atoms with Crippen LogP contribution < -0.4 is 14.5 Å². The number of fused-ring (bicyclic) bond motifs is 2. The monoisotopic (exact) mass is 697 g/mol. The summed E-state index contributed by atoms with van der Waals surface area (Å²) in [6, 6.07) is 9.09. The highest BCUT2D eigenvalue weighted by Gasteiger charge is 2.45. The minimum Gasteiger partial charge on any atom is -0.463 e. The summed E-state index contributed by atoms with van der Waals surface area (Å²) in [7, 11) is 2.13. The van der Waals surface area contributed by atoms with Crippen LogP contribution in [-0.4, -0.2) is 90.7 Å². The molecule has 13 heteroatoms. The van der Waals surface area contributed by atoms with Crippen molar-refractivity contribution in [3.8, 4) is 6.01 Å². The third kappa shape index (κ3) is 7.19. The molecule has 1 aliphatic carbocycles. The highest BCUT2D eigenvalue weighted by Crippen LogP contribution is 2.47. The standard InChI is InChI=1S/C35H40ClF2N7O2.H2S/c1-22(2)42(5)20-35(12-13-35)21-47-34-40-28-19-43(29-8-6-7-24-9-10-27(38)31(36)30(24)29)14-11-26(28)32(41-34)44-15-16-45(33(46)23(3)37)25(18-44)17-39-4;/h6-10,22,25H,3,11-21H2,1-2,5H3;1H2/t25-;/m0./s1. The van der Waals surface area contributed by atoms with Gasteiger partial charge in [-0.15, -0.1) is 0 Å². The van der Waals surface area contributed by atoms with E-state index in [4.69, 9.17) is 32.9 Å². The van der Waals surface area contributed by atoms with Crippen molar-refractivity contribution >= 4 is 53.3 Å². The van der Waals surface area contributed by atoms with E-state index in [0.29, 0.717) is 56.5 Å². The Hall–Kier alpha value is -3.66. The summed E-state index contributed by atoms with van der Waals surface area (Å²) in [5, 5.41) is 1.60. The predicted molar refractivity (Wildman–Crippen MR) is 190 cm³/mol. The molecule has 6 rings (SSSR count). The molecule has 0 bridgehead atoms. The number of halogens is 3. The van der Waals surface area contributed by atoms with E-state index in [1.165, 1.54) is 11.0 Å². The number of rotatable bonds is 10. The number of hydrogen-bond donors (Lipinski definition) is 0. The van der Waals surface area contributed by atoms with E-state index in [1.807, 2.05) is 18.2 Å². The molecule has 1 amide bonds. The van der Waals surface area contributed by atoms with Crippen LogP contribution >= 0.6 is 25.1 Å². The molecule has 3 heterocycles. The summed E-state index contributed by atoms with van der Waals surface area (Å²) in [6.45, 7) is 18.5. The molecule has 3 aromatic rings. The molecule has 0 N–H and O–H groups in total. The first-order valence-electron chi connectivity index (χ1n) is 16.1. The number of nitrogens with zero attached hydrogens (tertiary/aromatic N) is 7. The normalized spacial score (nSPS) is 18.4. The zero-order chi connectivity index (χ0) is 33.5. The average Bonchev–Trinajstić information content (AvgIpc) is 3.83. The number of carbonyl (C=O) groups excluding carboxylic acids is 1. The van der Waals surface area contributed by atoms with E-state index >= 15 is 0 Å². The van der Waals surface area contributed by atoms with Crippen LogP contribution in [0.2, 0.25) is 5.02 Å². The second-order valence-electron chi connectivity index (χ2n) is 13.3. The van der Waals surface area contributed by atoms with Gasteiger partial charge in [0.2, 0.25) is 6.54 Å². The molecule has 0 spiro atoms. The van der Waals surface area contributed by atoms with E-state index in [2.05, 4.69) is 47.0 Å². The lowest BCUT2D eigenvalue weighted by Crippen LogP contribution is -2.57. The summed E-state index contributed by atoms with van der Waals surface area (Å²) in [6.07, 6.45) is 2.75. The van der Waals surface area contributed by atoms with Crippen LogP contribution in [0.4, 0.5) is 20.3 Å². The summed E-state index contributed by atoms with van der Waals surface area (Å²) in [5.41, 5.74) is 2.63. The van der Waals surface area contributed by atoms with E-state index < -0.39 is 23.6 Å². The molecule has 48 heavy (non-hydrogen) atoms. The molecule has 0 unspecified atom stereocenters. The lowest BCUT2D eigenvalue weighted by molar-refractivity contribution is -0.131. The zero-order valence-corrected chi connectivity index (χ0v) is 29.4. The van der Waals surface area contributed by atoms with Crippen molar-refractivity contribution in [2.75, 3.05) is 62.7 Å². The van der Waals surface area contributed by atoms with E-state index in [-0.39, 0.29) is 43.0 Å². The van der Waals surface area contributed by atoms with Crippen molar-refractivity contribution in [1.82, 2.24) is 19.8 Å². The molecule has 2 aliphatic heterocycles. The third-order valence-corrected chi connectivity index (χ3v) is 10.2. The highest BCUT2D eigenvalue weighted by molar-refractivity contribution is 7.59. The molecule has 1 aromatic heterocycles. The molecule has 0 radical (unpaired) electrons. The van der Waals surface area contributed by atoms with Gasteiger partial charge in [0.25, 0.3) is 5.91 Å². The predicted octanol–water partition coefficient (Wildman–Crippen LogP) is 6.02. The average molecular weight is 698 g/mol. The Morgan fingerprint density at radius 3 is 2.67 bits per heavy atom. The van der Waals surface area contributed by atoms with Gasteiger partial charge < -0.3 is 29.2 Å². The second kappa shape index (κ2) is 14.4.